The van der Waals surface area contributed by atoms with Crippen molar-refractivity contribution < 1.29 is 23.1 Å². The second-order valence-corrected chi connectivity index (χ2v) is 4.66. The molecule has 0 radical (unpaired) electrons. The van der Waals surface area contributed by atoms with Crippen molar-refractivity contribution in [1.82, 2.24) is 0 Å². The van der Waals surface area contributed by atoms with Crippen LogP contribution < -0.4 is 0 Å². The maximum Gasteiger partial charge on any atom is 0.392 e. The Kier molecular flexibility index (Phi) is 4.50. The van der Waals surface area contributed by atoms with Crippen LogP contribution in [0, 0.1) is 5.92 Å². The fourth-order valence-corrected chi connectivity index (χ4v) is 2.08. The third kappa shape index (κ3) is 3.29. The summed E-state index contributed by atoms with van der Waals surface area (Å²) in [6.07, 6.45) is -4.62. The quantitative estimate of drug-likeness (QED) is 0.900. The molecule has 1 aromatic carbocycles. The van der Waals surface area contributed by atoms with E-state index in [0.717, 1.165) is 6.92 Å². The second kappa shape index (κ2) is 5.36. The summed E-state index contributed by atoms with van der Waals surface area (Å²) in [5, 5.41) is 9.10. The molecule has 0 aliphatic heterocycles. The van der Waals surface area contributed by atoms with Gasteiger partial charge in [-0.2, -0.15) is 13.2 Å². The standard InChI is InChI=1S/C11H9Cl2F3O2/c1-5(11(14,15)16)9(10(17)18)7-3-2-6(12)4-8(7)13/h2-5,9H,1H3,(H,17,18). The molecular weight excluding hydrogens is 292 g/mol. The summed E-state index contributed by atoms with van der Waals surface area (Å²) in [5.41, 5.74) is -0.0987. The molecule has 0 saturated carbocycles. The molecule has 0 amide bonds. The van der Waals surface area contributed by atoms with Gasteiger partial charge in [-0.3, -0.25) is 4.79 Å². The lowest BCUT2D eigenvalue weighted by Crippen LogP contribution is -2.31. The maximum absolute atomic E-state index is 12.6. The predicted molar refractivity (Wildman–Crippen MR) is 62.1 cm³/mol. The highest BCUT2D eigenvalue weighted by atomic mass is 35.5. The molecule has 0 spiro atoms. The Morgan fingerprint density at radius 3 is 2.28 bits per heavy atom. The first kappa shape index (κ1) is 15.1. The van der Waals surface area contributed by atoms with E-state index in [-0.39, 0.29) is 15.6 Å². The van der Waals surface area contributed by atoms with Gasteiger partial charge >= 0.3 is 12.1 Å². The van der Waals surface area contributed by atoms with Crippen LogP contribution in [0.2, 0.25) is 10.0 Å². The highest BCUT2D eigenvalue weighted by molar-refractivity contribution is 6.35. The van der Waals surface area contributed by atoms with Gasteiger partial charge in [0.15, 0.2) is 0 Å². The average Bonchev–Trinajstić information content (AvgIpc) is 2.19. The molecule has 7 heteroatoms. The Morgan fingerprint density at radius 2 is 1.89 bits per heavy atom. The highest BCUT2D eigenvalue weighted by Crippen LogP contribution is 2.40. The van der Waals surface area contributed by atoms with Gasteiger partial charge in [0.25, 0.3) is 0 Å². The molecule has 1 N–H and O–H groups in total. The molecule has 0 heterocycles. The van der Waals surface area contributed by atoms with Gasteiger partial charge in [-0.25, -0.2) is 0 Å². The Bertz CT molecular complexity index is 460. The summed E-state index contributed by atoms with van der Waals surface area (Å²) in [5.74, 6) is -5.38. The van der Waals surface area contributed by atoms with Crippen LogP contribution in [-0.2, 0) is 4.79 Å². The minimum Gasteiger partial charge on any atom is -0.481 e. The molecule has 0 fully saturated rings. The van der Waals surface area contributed by atoms with Gasteiger partial charge in [-0.15, -0.1) is 0 Å². The van der Waals surface area contributed by atoms with Crippen molar-refractivity contribution >= 4 is 29.2 Å². The van der Waals surface area contributed by atoms with E-state index in [2.05, 4.69) is 0 Å². The largest absolute Gasteiger partial charge is 0.481 e. The molecule has 0 aromatic heterocycles. The first-order chi connectivity index (χ1) is 8.14. The zero-order valence-electron chi connectivity index (χ0n) is 9.13. The summed E-state index contributed by atoms with van der Waals surface area (Å²) >= 11 is 11.4. The van der Waals surface area contributed by atoms with E-state index in [1.165, 1.54) is 18.2 Å². The van der Waals surface area contributed by atoms with E-state index in [1.807, 2.05) is 0 Å². The van der Waals surface area contributed by atoms with Gasteiger partial charge < -0.3 is 5.11 Å². The number of hydrogen-bond acceptors (Lipinski definition) is 1. The Hall–Kier alpha value is -0.940. The van der Waals surface area contributed by atoms with Gasteiger partial charge in [0, 0.05) is 10.0 Å². The van der Waals surface area contributed by atoms with Crippen LogP contribution in [0.25, 0.3) is 0 Å². The third-order valence-corrected chi connectivity index (χ3v) is 3.14. The number of carbonyl (C=O) groups is 1. The van der Waals surface area contributed by atoms with Crippen LogP contribution in [0.15, 0.2) is 18.2 Å². The smallest absolute Gasteiger partial charge is 0.392 e. The van der Waals surface area contributed by atoms with Crippen molar-refractivity contribution in [2.24, 2.45) is 5.92 Å². The molecule has 1 rings (SSSR count). The van der Waals surface area contributed by atoms with E-state index in [4.69, 9.17) is 28.3 Å². The molecule has 1 aromatic rings. The number of aliphatic carboxylic acids is 1. The third-order valence-electron chi connectivity index (χ3n) is 2.58. The minimum absolute atomic E-state index is 0.0917. The fraction of sp³-hybridized carbons (Fsp3) is 0.364. The molecule has 0 aliphatic carbocycles. The molecule has 18 heavy (non-hydrogen) atoms. The zero-order valence-corrected chi connectivity index (χ0v) is 10.6. The monoisotopic (exact) mass is 300 g/mol. The first-order valence-electron chi connectivity index (χ1n) is 4.89. The number of carboxylic acids is 1. The fourth-order valence-electron chi connectivity index (χ4n) is 1.56. The number of benzene rings is 1. The summed E-state index contributed by atoms with van der Waals surface area (Å²) in [7, 11) is 0. The van der Waals surface area contributed by atoms with Crippen LogP contribution in [0.3, 0.4) is 0 Å². The molecular formula is C11H9Cl2F3O2. The number of halogens is 5. The molecule has 2 nitrogen and oxygen atoms in total. The minimum atomic E-state index is -4.62. The van der Waals surface area contributed by atoms with Crippen molar-refractivity contribution in [1.29, 1.82) is 0 Å². The number of rotatable bonds is 3. The van der Waals surface area contributed by atoms with Crippen molar-refractivity contribution in [2.75, 3.05) is 0 Å². The molecule has 0 saturated heterocycles. The Morgan fingerprint density at radius 1 is 1.33 bits per heavy atom. The van der Waals surface area contributed by atoms with Crippen LogP contribution >= 0.6 is 23.2 Å². The molecule has 100 valence electrons. The topological polar surface area (TPSA) is 37.3 Å². The van der Waals surface area contributed by atoms with E-state index in [0.29, 0.717) is 0 Å². The van der Waals surface area contributed by atoms with Crippen LogP contribution in [-0.4, -0.2) is 17.3 Å². The lowest BCUT2D eigenvalue weighted by atomic mass is 9.87. The number of carboxylic acid groups (broad SMARTS) is 1. The lowest BCUT2D eigenvalue weighted by Gasteiger charge is -2.23. The van der Waals surface area contributed by atoms with E-state index < -0.39 is 24.0 Å². The predicted octanol–water partition coefficient (Wildman–Crippen LogP) is 4.36. The molecule has 2 atom stereocenters. The maximum atomic E-state index is 12.6. The van der Waals surface area contributed by atoms with Gasteiger partial charge in [-0.05, 0) is 17.7 Å². The summed E-state index contributed by atoms with van der Waals surface area (Å²) in [6, 6.07) is 3.73. The normalized spacial score (nSPS) is 15.2. The average molecular weight is 301 g/mol. The zero-order chi connectivity index (χ0) is 14.1. The molecule has 0 bridgehead atoms. The van der Waals surface area contributed by atoms with Crippen LogP contribution in [0.5, 0.6) is 0 Å². The van der Waals surface area contributed by atoms with Crippen molar-refractivity contribution in [3.8, 4) is 0 Å². The van der Waals surface area contributed by atoms with E-state index in [9.17, 15) is 18.0 Å². The summed E-state index contributed by atoms with van der Waals surface area (Å²) < 4.78 is 37.9. The van der Waals surface area contributed by atoms with E-state index in [1.54, 1.807) is 0 Å². The SMILES string of the molecule is CC(C(C(=O)O)c1ccc(Cl)cc1Cl)C(F)(F)F. The Balaban J connectivity index is 3.25. The highest BCUT2D eigenvalue weighted by Gasteiger charge is 2.45. The van der Waals surface area contributed by atoms with Gasteiger partial charge in [0.05, 0.1) is 11.8 Å². The Labute approximate surface area is 111 Å². The molecule has 0 aliphatic rings. The van der Waals surface area contributed by atoms with Crippen molar-refractivity contribution in [3.05, 3.63) is 33.8 Å². The first-order valence-corrected chi connectivity index (χ1v) is 5.64. The summed E-state index contributed by atoms with van der Waals surface area (Å²) in [6.45, 7) is 0.809. The van der Waals surface area contributed by atoms with E-state index >= 15 is 0 Å². The summed E-state index contributed by atoms with van der Waals surface area (Å²) in [4.78, 5) is 11.0. The van der Waals surface area contributed by atoms with Gasteiger partial charge in [0.2, 0.25) is 0 Å². The number of alkyl halides is 3. The van der Waals surface area contributed by atoms with Crippen LogP contribution in [0.1, 0.15) is 18.4 Å². The van der Waals surface area contributed by atoms with Gasteiger partial charge in [-0.1, -0.05) is 36.2 Å². The molecule has 2 unspecified atom stereocenters. The van der Waals surface area contributed by atoms with Crippen LogP contribution in [0.4, 0.5) is 13.2 Å². The lowest BCUT2D eigenvalue weighted by molar-refractivity contribution is -0.183. The number of hydrogen-bond donors (Lipinski definition) is 1. The van der Waals surface area contributed by atoms with Crippen molar-refractivity contribution in [3.63, 3.8) is 0 Å². The van der Waals surface area contributed by atoms with Gasteiger partial charge in [0.1, 0.15) is 0 Å². The van der Waals surface area contributed by atoms with Crippen molar-refractivity contribution in [2.45, 2.75) is 19.0 Å². The second-order valence-electron chi connectivity index (χ2n) is 3.81.